The van der Waals surface area contributed by atoms with Gasteiger partial charge in [0.1, 0.15) is 11.5 Å². The van der Waals surface area contributed by atoms with Crippen LogP contribution in [-0.2, 0) is 17.8 Å². The maximum atomic E-state index is 12.2. The summed E-state index contributed by atoms with van der Waals surface area (Å²) in [6.45, 7) is 0.398. The molecule has 0 spiro atoms. The van der Waals surface area contributed by atoms with Crippen LogP contribution in [0.4, 0.5) is 0 Å². The number of likely N-dealkylation sites (N-methyl/N-ethyl adjacent to an activating group) is 1. The molecule has 0 unspecified atom stereocenters. The van der Waals surface area contributed by atoms with E-state index >= 15 is 0 Å². The molecule has 0 aliphatic carbocycles. The van der Waals surface area contributed by atoms with Crippen LogP contribution in [0, 0.1) is 0 Å². The number of aromatic hydroxyl groups is 1. The minimum Gasteiger partial charge on any atom is -0.508 e. The van der Waals surface area contributed by atoms with Gasteiger partial charge in [-0.1, -0.05) is 12.1 Å². The summed E-state index contributed by atoms with van der Waals surface area (Å²) >= 11 is 0. The summed E-state index contributed by atoms with van der Waals surface area (Å²) in [6.07, 6.45) is 2.01. The molecule has 5 nitrogen and oxygen atoms in total. The fraction of sp³-hybridized carbons (Fsp3) is 0.267. The van der Waals surface area contributed by atoms with E-state index in [1.54, 1.807) is 48.5 Å². The lowest BCUT2D eigenvalue weighted by molar-refractivity contribution is -0.132. The van der Waals surface area contributed by atoms with Gasteiger partial charge < -0.3 is 20.2 Å². The third-order valence-electron chi connectivity index (χ3n) is 3.06. The Labute approximate surface area is 117 Å². The van der Waals surface area contributed by atoms with Crippen molar-refractivity contribution in [3.63, 3.8) is 0 Å². The highest BCUT2D eigenvalue weighted by atomic mass is 16.3. The SMILES string of the molecule is CN(Cc1ccco1)C(=O)[C@@H](N)Cc1ccc(O)cc1. The number of carbonyl (C=O) groups excluding carboxylic acids is 1. The lowest BCUT2D eigenvalue weighted by Crippen LogP contribution is -2.42. The zero-order chi connectivity index (χ0) is 14.5. The molecule has 0 bridgehead atoms. The zero-order valence-corrected chi connectivity index (χ0v) is 11.3. The van der Waals surface area contributed by atoms with Crippen LogP contribution in [0.1, 0.15) is 11.3 Å². The highest BCUT2D eigenvalue weighted by molar-refractivity contribution is 5.81. The molecule has 0 aliphatic heterocycles. The van der Waals surface area contributed by atoms with E-state index in [1.165, 1.54) is 0 Å². The summed E-state index contributed by atoms with van der Waals surface area (Å²) < 4.78 is 5.20. The number of phenols is 1. The molecule has 3 N–H and O–H groups in total. The molecule has 1 amide bonds. The van der Waals surface area contributed by atoms with Crippen molar-refractivity contribution in [2.45, 2.75) is 19.0 Å². The van der Waals surface area contributed by atoms with Crippen LogP contribution in [0.15, 0.2) is 47.1 Å². The van der Waals surface area contributed by atoms with Gasteiger partial charge in [-0.2, -0.15) is 0 Å². The summed E-state index contributed by atoms with van der Waals surface area (Å²) in [4.78, 5) is 13.7. The standard InChI is InChI=1S/C15H18N2O3/c1-17(10-13-3-2-8-20-13)15(19)14(16)9-11-4-6-12(18)7-5-11/h2-8,14,18H,9-10,16H2,1H3/t14-/m0/s1. The van der Waals surface area contributed by atoms with E-state index in [9.17, 15) is 9.90 Å². The van der Waals surface area contributed by atoms with E-state index in [-0.39, 0.29) is 11.7 Å². The summed E-state index contributed by atoms with van der Waals surface area (Å²) in [7, 11) is 1.70. The molecule has 0 aliphatic rings. The molecule has 2 aromatic rings. The number of rotatable bonds is 5. The van der Waals surface area contributed by atoms with Gasteiger partial charge in [0.2, 0.25) is 5.91 Å². The monoisotopic (exact) mass is 274 g/mol. The fourth-order valence-corrected chi connectivity index (χ4v) is 1.97. The van der Waals surface area contributed by atoms with E-state index < -0.39 is 6.04 Å². The predicted molar refractivity (Wildman–Crippen MR) is 75.0 cm³/mol. The Bertz CT molecular complexity index is 549. The minimum atomic E-state index is -0.612. The van der Waals surface area contributed by atoms with E-state index in [0.717, 1.165) is 11.3 Å². The lowest BCUT2D eigenvalue weighted by atomic mass is 10.1. The molecular formula is C15H18N2O3. The first-order chi connectivity index (χ1) is 9.56. The summed E-state index contributed by atoms with van der Waals surface area (Å²) in [6, 6.07) is 9.67. The van der Waals surface area contributed by atoms with Gasteiger partial charge in [0, 0.05) is 7.05 Å². The number of nitrogens with two attached hydrogens (primary N) is 1. The molecule has 2 rings (SSSR count). The highest BCUT2D eigenvalue weighted by Gasteiger charge is 2.19. The Balaban J connectivity index is 1.92. The third-order valence-corrected chi connectivity index (χ3v) is 3.06. The molecule has 0 saturated heterocycles. The Morgan fingerprint density at radius 3 is 2.65 bits per heavy atom. The van der Waals surface area contributed by atoms with Gasteiger partial charge in [0.15, 0.2) is 0 Å². The Morgan fingerprint density at radius 1 is 1.35 bits per heavy atom. The molecule has 1 aromatic carbocycles. The van der Waals surface area contributed by atoms with Gasteiger partial charge in [-0.3, -0.25) is 4.79 Å². The van der Waals surface area contributed by atoms with Crippen molar-refractivity contribution in [3.8, 4) is 5.75 Å². The fourth-order valence-electron chi connectivity index (χ4n) is 1.97. The molecule has 0 fully saturated rings. The van der Waals surface area contributed by atoms with E-state index in [2.05, 4.69) is 0 Å². The molecule has 1 atom stereocenters. The second kappa shape index (κ2) is 6.25. The van der Waals surface area contributed by atoms with Crippen molar-refractivity contribution < 1.29 is 14.3 Å². The van der Waals surface area contributed by atoms with Crippen LogP contribution in [0.2, 0.25) is 0 Å². The Kier molecular flexibility index (Phi) is 4.42. The van der Waals surface area contributed by atoms with Gasteiger partial charge in [-0.15, -0.1) is 0 Å². The van der Waals surface area contributed by atoms with Crippen molar-refractivity contribution >= 4 is 5.91 Å². The quantitative estimate of drug-likeness (QED) is 0.866. The Morgan fingerprint density at radius 2 is 2.05 bits per heavy atom. The summed E-state index contributed by atoms with van der Waals surface area (Å²) in [5.41, 5.74) is 6.84. The molecule has 0 saturated carbocycles. The second-order valence-corrected chi connectivity index (χ2v) is 4.75. The van der Waals surface area contributed by atoms with Gasteiger partial charge in [0.25, 0.3) is 0 Å². The van der Waals surface area contributed by atoms with E-state index in [4.69, 9.17) is 10.2 Å². The molecule has 5 heteroatoms. The molecule has 106 valence electrons. The number of hydrogen-bond donors (Lipinski definition) is 2. The molecule has 0 radical (unpaired) electrons. The number of furan rings is 1. The maximum absolute atomic E-state index is 12.2. The van der Waals surface area contributed by atoms with E-state index in [1.807, 2.05) is 6.07 Å². The van der Waals surface area contributed by atoms with Crippen LogP contribution in [0.25, 0.3) is 0 Å². The maximum Gasteiger partial charge on any atom is 0.239 e. The zero-order valence-electron chi connectivity index (χ0n) is 11.3. The average molecular weight is 274 g/mol. The number of amides is 1. The van der Waals surface area contributed by atoms with Crippen molar-refractivity contribution in [3.05, 3.63) is 54.0 Å². The van der Waals surface area contributed by atoms with E-state index in [0.29, 0.717) is 13.0 Å². The van der Waals surface area contributed by atoms with Gasteiger partial charge in [-0.25, -0.2) is 0 Å². The van der Waals surface area contributed by atoms with Crippen LogP contribution in [-0.4, -0.2) is 29.0 Å². The topological polar surface area (TPSA) is 79.7 Å². The first kappa shape index (κ1) is 14.1. The van der Waals surface area contributed by atoms with Gasteiger partial charge in [-0.05, 0) is 36.2 Å². The van der Waals surface area contributed by atoms with Crippen molar-refractivity contribution in [2.75, 3.05) is 7.05 Å². The summed E-state index contributed by atoms with van der Waals surface area (Å²) in [5, 5.41) is 9.22. The van der Waals surface area contributed by atoms with Crippen molar-refractivity contribution in [2.24, 2.45) is 5.73 Å². The number of hydrogen-bond acceptors (Lipinski definition) is 4. The predicted octanol–water partition coefficient (Wildman–Crippen LogP) is 1.51. The van der Waals surface area contributed by atoms with Gasteiger partial charge >= 0.3 is 0 Å². The highest BCUT2D eigenvalue weighted by Crippen LogP contribution is 2.12. The van der Waals surface area contributed by atoms with Crippen molar-refractivity contribution in [1.82, 2.24) is 4.90 Å². The minimum absolute atomic E-state index is 0.144. The van der Waals surface area contributed by atoms with Gasteiger partial charge in [0.05, 0.1) is 18.8 Å². The van der Waals surface area contributed by atoms with Crippen LogP contribution >= 0.6 is 0 Å². The third kappa shape index (κ3) is 3.61. The van der Waals surface area contributed by atoms with Crippen molar-refractivity contribution in [1.29, 1.82) is 0 Å². The second-order valence-electron chi connectivity index (χ2n) is 4.75. The largest absolute Gasteiger partial charge is 0.508 e. The molecular weight excluding hydrogens is 256 g/mol. The number of benzene rings is 1. The molecule has 1 aromatic heterocycles. The average Bonchev–Trinajstić information content (AvgIpc) is 2.93. The van der Waals surface area contributed by atoms with Crippen LogP contribution < -0.4 is 5.73 Å². The lowest BCUT2D eigenvalue weighted by Gasteiger charge is -2.20. The van der Waals surface area contributed by atoms with Crippen LogP contribution in [0.3, 0.4) is 0 Å². The first-order valence-electron chi connectivity index (χ1n) is 6.37. The van der Waals surface area contributed by atoms with Crippen LogP contribution in [0.5, 0.6) is 5.75 Å². The Hall–Kier alpha value is -2.27. The first-order valence-corrected chi connectivity index (χ1v) is 6.37. The number of phenolic OH excluding ortho intramolecular Hbond substituents is 1. The summed E-state index contributed by atoms with van der Waals surface area (Å²) in [5.74, 6) is 0.774. The normalized spacial score (nSPS) is 12.1. The number of nitrogens with zero attached hydrogens (tertiary/aromatic N) is 1. The molecule has 20 heavy (non-hydrogen) atoms. The smallest absolute Gasteiger partial charge is 0.239 e. The number of carbonyl (C=O) groups is 1. The molecule has 1 heterocycles.